The smallest absolute Gasteiger partial charge is 0.273 e. The Morgan fingerprint density at radius 3 is 2.92 bits per heavy atom. The summed E-state index contributed by atoms with van der Waals surface area (Å²) in [6.45, 7) is 4.68. The first-order valence-electron chi connectivity index (χ1n) is 7.21. The van der Waals surface area contributed by atoms with E-state index in [0.717, 1.165) is 15.2 Å². The Morgan fingerprint density at radius 1 is 1.29 bits per heavy atom. The van der Waals surface area contributed by atoms with E-state index in [1.165, 1.54) is 11.3 Å². The number of rotatable bonds is 4. The van der Waals surface area contributed by atoms with Crippen molar-refractivity contribution < 1.29 is 0 Å². The fourth-order valence-electron chi connectivity index (χ4n) is 2.51. The second-order valence-electron chi connectivity index (χ2n) is 5.17. The topological polar surface area (TPSA) is 52.7 Å². The molecule has 0 N–H and O–H groups in total. The zero-order valence-corrected chi connectivity index (χ0v) is 15.0. The van der Waals surface area contributed by atoms with Gasteiger partial charge in [-0.1, -0.05) is 29.5 Å². The maximum absolute atomic E-state index is 12.7. The summed E-state index contributed by atoms with van der Waals surface area (Å²) >= 11 is 8.21. The summed E-state index contributed by atoms with van der Waals surface area (Å²) in [6, 6.07) is 7.95. The number of fused-ring (bicyclic) bond motifs is 2. The first-order valence-corrected chi connectivity index (χ1v) is 9.25. The molecular weight excluding hydrogens is 360 g/mol. The summed E-state index contributed by atoms with van der Waals surface area (Å²) in [5.74, 6) is 0. The van der Waals surface area contributed by atoms with Gasteiger partial charge >= 0.3 is 0 Å². The number of thiazole rings is 2. The van der Waals surface area contributed by atoms with Crippen LogP contribution in [-0.2, 0) is 13.1 Å². The SMILES string of the molecule is C=CCn1c(=S)sc2c(=O)n(Cc3nc4ccccc4s3)cnc21. The molecule has 0 aliphatic rings. The summed E-state index contributed by atoms with van der Waals surface area (Å²) < 4.78 is 5.73. The minimum atomic E-state index is -0.0850. The van der Waals surface area contributed by atoms with Gasteiger partial charge in [-0.25, -0.2) is 9.97 Å². The van der Waals surface area contributed by atoms with Gasteiger partial charge in [0, 0.05) is 6.54 Å². The number of hydrogen-bond donors (Lipinski definition) is 0. The number of nitrogens with zero attached hydrogens (tertiary/aromatic N) is 4. The van der Waals surface area contributed by atoms with Crippen molar-refractivity contribution in [3.05, 3.63) is 62.6 Å². The van der Waals surface area contributed by atoms with Gasteiger partial charge in [0.25, 0.3) is 5.56 Å². The highest BCUT2D eigenvalue weighted by molar-refractivity contribution is 7.73. The third-order valence-corrected chi connectivity index (χ3v) is 6.05. The van der Waals surface area contributed by atoms with Crippen LogP contribution in [0.15, 0.2) is 48.0 Å². The van der Waals surface area contributed by atoms with Crippen LogP contribution in [0, 0.1) is 3.95 Å². The number of hydrogen-bond acceptors (Lipinski definition) is 6. The van der Waals surface area contributed by atoms with Crippen LogP contribution >= 0.6 is 34.9 Å². The van der Waals surface area contributed by atoms with Gasteiger partial charge in [-0.3, -0.25) is 9.36 Å². The second kappa shape index (κ2) is 6.04. The number of benzene rings is 1. The molecule has 4 rings (SSSR count). The molecule has 0 aliphatic heterocycles. The van der Waals surface area contributed by atoms with Crippen molar-refractivity contribution in [3.63, 3.8) is 0 Å². The molecule has 24 heavy (non-hydrogen) atoms. The monoisotopic (exact) mass is 372 g/mol. The van der Waals surface area contributed by atoms with Crippen LogP contribution in [0.5, 0.6) is 0 Å². The van der Waals surface area contributed by atoms with Gasteiger partial charge in [0.2, 0.25) is 0 Å². The van der Waals surface area contributed by atoms with Crippen molar-refractivity contribution in [2.75, 3.05) is 0 Å². The predicted molar refractivity (Wildman–Crippen MR) is 102 cm³/mol. The minimum absolute atomic E-state index is 0.0850. The molecule has 0 unspecified atom stereocenters. The van der Waals surface area contributed by atoms with Crippen LogP contribution in [0.1, 0.15) is 5.01 Å². The van der Waals surface area contributed by atoms with Crippen molar-refractivity contribution in [1.82, 2.24) is 19.1 Å². The molecule has 0 saturated heterocycles. The molecule has 0 atom stereocenters. The van der Waals surface area contributed by atoms with E-state index >= 15 is 0 Å². The molecule has 0 aliphatic carbocycles. The Balaban J connectivity index is 1.79. The van der Waals surface area contributed by atoms with Crippen molar-refractivity contribution in [2.45, 2.75) is 13.1 Å². The molecule has 0 amide bonds. The van der Waals surface area contributed by atoms with E-state index in [9.17, 15) is 4.79 Å². The third kappa shape index (κ3) is 2.52. The largest absolute Gasteiger partial charge is 0.304 e. The lowest BCUT2D eigenvalue weighted by atomic mass is 10.3. The van der Waals surface area contributed by atoms with Gasteiger partial charge in [0.1, 0.15) is 16.0 Å². The Morgan fingerprint density at radius 2 is 2.12 bits per heavy atom. The molecule has 0 radical (unpaired) electrons. The lowest BCUT2D eigenvalue weighted by molar-refractivity contribution is 0.738. The van der Waals surface area contributed by atoms with Crippen LogP contribution in [-0.4, -0.2) is 19.1 Å². The highest BCUT2D eigenvalue weighted by atomic mass is 32.1. The van der Waals surface area contributed by atoms with E-state index < -0.39 is 0 Å². The Labute approximate surface area is 150 Å². The van der Waals surface area contributed by atoms with Crippen molar-refractivity contribution in [1.29, 1.82) is 0 Å². The van der Waals surface area contributed by atoms with Crippen LogP contribution in [0.2, 0.25) is 0 Å². The van der Waals surface area contributed by atoms with Crippen LogP contribution < -0.4 is 5.56 Å². The highest BCUT2D eigenvalue weighted by Crippen LogP contribution is 2.22. The molecule has 0 fully saturated rings. The summed E-state index contributed by atoms with van der Waals surface area (Å²) in [5, 5.41) is 0.883. The first kappa shape index (κ1) is 15.4. The summed E-state index contributed by atoms with van der Waals surface area (Å²) in [5.41, 5.74) is 1.49. The molecule has 0 saturated carbocycles. The Hall–Kier alpha value is -2.16. The molecule has 1 aromatic carbocycles. The quantitative estimate of drug-likeness (QED) is 0.403. The number of allylic oxidation sites excluding steroid dienone is 1. The van der Waals surface area contributed by atoms with E-state index in [-0.39, 0.29) is 5.56 Å². The predicted octanol–water partition coefficient (Wildman–Crippen LogP) is 3.83. The zero-order chi connectivity index (χ0) is 16.7. The fraction of sp³-hybridized carbons (Fsp3) is 0.125. The molecule has 120 valence electrons. The maximum atomic E-state index is 12.7. The van der Waals surface area contributed by atoms with Crippen LogP contribution in [0.25, 0.3) is 20.6 Å². The summed E-state index contributed by atoms with van der Waals surface area (Å²) in [6.07, 6.45) is 3.31. The van der Waals surface area contributed by atoms with Gasteiger partial charge in [0.15, 0.2) is 9.60 Å². The van der Waals surface area contributed by atoms with Crippen LogP contribution in [0.3, 0.4) is 0 Å². The standard InChI is InChI=1S/C16H12N4OS3/c1-2-7-20-14-13(24-16(20)22)15(21)19(9-17-14)8-12-18-10-5-3-4-6-11(10)23-12/h2-6,9H,1,7-8H2. The number of para-hydroxylation sites is 1. The molecule has 3 aromatic heterocycles. The minimum Gasteiger partial charge on any atom is -0.304 e. The third-order valence-electron chi connectivity index (χ3n) is 3.60. The normalized spacial score (nSPS) is 11.3. The lowest BCUT2D eigenvalue weighted by Gasteiger charge is -2.03. The fourth-order valence-corrected chi connectivity index (χ4v) is 4.79. The van der Waals surface area contributed by atoms with E-state index in [1.807, 2.05) is 28.8 Å². The van der Waals surface area contributed by atoms with Crippen molar-refractivity contribution >= 4 is 55.5 Å². The molecule has 0 spiro atoms. The average molecular weight is 373 g/mol. The van der Waals surface area contributed by atoms with Crippen molar-refractivity contribution in [3.8, 4) is 0 Å². The first-order chi connectivity index (χ1) is 11.7. The highest BCUT2D eigenvalue weighted by Gasteiger charge is 2.12. The van der Waals surface area contributed by atoms with E-state index in [0.29, 0.717) is 27.4 Å². The molecular formula is C16H12N4OS3. The lowest BCUT2D eigenvalue weighted by Crippen LogP contribution is -2.20. The van der Waals surface area contributed by atoms with Gasteiger partial charge in [-0.05, 0) is 24.4 Å². The summed E-state index contributed by atoms with van der Waals surface area (Å²) in [4.78, 5) is 21.7. The van der Waals surface area contributed by atoms with Gasteiger partial charge < -0.3 is 4.57 Å². The molecule has 5 nitrogen and oxygen atoms in total. The summed E-state index contributed by atoms with van der Waals surface area (Å²) in [7, 11) is 0. The molecule has 4 aromatic rings. The van der Waals surface area contributed by atoms with E-state index in [1.54, 1.807) is 28.3 Å². The Bertz CT molecular complexity index is 1150. The van der Waals surface area contributed by atoms with E-state index in [4.69, 9.17) is 12.2 Å². The zero-order valence-electron chi connectivity index (χ0n) is 12.5. The molecule has 8 heteroatoms. The van der Waals surface area contributed by atoms with E-state index in [2.05, 4.69) is 16.5 Å². The van der Waals surface area contributed by atoms with Gasteiger partial charge in [-0.15, -0.1) is 17.9 Å². The average Bonchev–Trinajstić information content (AvgIpc) is 3.12. The Kier molecular flexibility index (Phi) is 3.87. The molecule has 0 bridgehead atoms. The van der Waals surface area contributed by atoms with Gasteiger partial charge in [-0.2, -0.15) is 0 Å². The van der Waals surface area contributed by atoms with Gasteiger partial charge in [0.05, 0.1) is 16.8 Å². The maximum Gasteiger partial charge on any atom is 0.273 e. The van der Waals surface area contributed by atoms with Crippen LogP contribution in [0.4, 0.5) is 0 Å². The second-order valence-corrected chi connectivity index (χ2v) is 7.93. The molecule has 3 heterocycles. The number of aromatic nitrogens is 4. The van der Waals surface area contributed by atoms with Crippen molar-refractivity contribution in [2.24, 2.45) is 0 Å².